The third kappa shape index (κ3) is 3.84. The molecular weight excluding hydrogens is 242 g/mol. The van der Waals surface area contributed by atoms with E-state index in [4.69, 9.17) is 9.47 Å². The molecule has 98 valence electrons. The van der Waals surface area contributed by atoms with Crippen molar-refractivity contribution in [3.05, 3.63) is 35.4 Å². The largest absolute Gasteiger partial charge is 0.493 e. The predicted molar refractivity (Wildman–Crippen MR) is 63.2 cm³/mol. The lowest BCUT2D eigenvalue weighted by Crippen LogP contribution is -2.01. The normalized spacial score (nSPS) is 10.7. The van der Waals surface area contributed by atoms with Gasteiger partial charge in [-0.15, -0.1) is 0 Å². The second-order valence-electron chi connectivity index (χ2n) is 3.42. The quantitative estimate of drug-likeness (QED) is 0.760. The van der Waals surface area contributed by atoms with E-state index in [0.717, 1.165) is 12.1 Å². The smallest absolute Gasteiger partial charge is 0.309 e. The third-order valence-electron chi connectivity index (χ3n) is 2.13. The molecule has 1 rings (SSSR count). The van der Waals surface area contributed by atoms with Gasteiger partial charge in [0, 0.05) is 11.6 Å². The SMILES string of the molecule is CCOC(=O)CC=Cc1cc(F)cc(F)c1OC. The van der Waals surface area contributed by atoms with Crippen molar-refractivity contribution >= 4 is 12.0 Å². The minimum atomic E-state index is -0.784. The lowest BCUT2D eigenvalue weighted by molar-refractivity contribution is -0.142. The zero-order valence-corrected chi connectivity index (χ0v) is 10.2. The van der Waals surface area contributed by atoms with Crippen LogP contribution in [0.15, 0.2) is 18.2 Å². The van der Waals surface area contributed by atoms with Crippen LogP contribution in [0.3, 0.4) is 0 Å². The van der Waals surface area contributed by atoms with Gasteiger partial charge in [0.25, 0.3) is 0 Å². The van der Waals surface area contributed by atoms with E-state index in [1.807, 2.05) is 0 Å². The van der Waals surface area contributed by atoms with Gasteiger partial charge in [0.2, 0.25) is 0 Å². The molecular formula is C13H14F2O3. The predicted octanol–water partition coefficient (Wildman–Crippen LogP) is 2.94. The van der Waals surface area contributed by atoms with Gasteiger partial charge in [0.15, 0.2) is 11.6 Å². The summed E-state index contributed by atoms with van der Waals surface area (Å²) in [7, 11) is 1.29. The molecule has 0 unspecified atom stereocenters. The van der Waals surface area contributed by atoms with Crippen molar-refractivity contribution in [1.82, 2.24) is 0 Å². The van der Waals surface area contributed by atoms with Gasteiger partial charge in [-0.1, -0.05) is 12.2 Å². The number of rotatable bonds is 5. The van der Waals surface area contributed by atoms with Crippen molar-refractivity contribution in [3.63, 3.8) is 0 Å². The first kappa shape index (κ1) is 14.2. The van der Waals surface area contributed by atoms with E-state index in [9.17, 15) is 13.6 Å². The summed E-state index contributed by atoms with van der Waals surface area (Å²) in [4.78, 5) is 11.1. The number of benzene rings is 1. The van der Waals surface area contributed by atoms with Crippen molar-refractivity contribution in [3.8, 4) is 5.75 Å². The maximum absolute atomic E-state index is 13.3. The molecule has 0 radical (unpaired) electrons. The van der Waals surface area contributed by atoms with E-state index >= 15 is 0 Å². The van der Waals surface area contributed by atoms with Crippen molar-refractivity contribution in [2.24, 2.45) is 0 Å². The molecule has 1 aromatic carbocycles. The standard InChI is InChI=1S/C13H14F2O3/c1-3-18-12(16)6-4-5-9-7-10(14)8-11(15)13(9)17-2/h4-5,7-8H,3,6H2,1-2H3. The summed E-state index contributed by atoms with van der Waals surface area (Å²) >= 11 is 0. The van der Waals surface area contributed by atoms with Crippen molar-refractivity contribution in [2.75, 3.05) is 13.7 Å². The molecule has 0 aliphatic rings. The van der Waals surface area contributed by atoms with E-state index in [1.54, 1.807) is 6.92 Å². The van der Waals surface area contributed by atoms with Crippen LogP contribution in [-0.4, -0.2) is 19.7 Å². The highest BCUT2D eigenvalue weighted by atomic mass is 19.1. The van der Waals surface area contributed by atoms with Gasteiger partial charge in [-0.05, 0) is 13.0 Å². The summed E-state index contributed by atoms with van der Waals surface area (Å²) in [6.07, 6.45) is 2.92. The van der Waals surface area contributed by atoms with Crippen LogP contribution < -0.4 is 4.74 Å². The number of hydrogen-bond acceptors (Lipinski definition) is 3. The first-order valence-corrected chi connectivity index (χ1v) is 5.43. The van der Waals surface area contributed by atoms with E-state index in [1.165, 1.54) is 19.3 Å². The van der Waals surface area contributed by atoms with E-state index in [0.29, 0.717) is 6.61 Å². The summed E-state index contributed by atoms with van der Waals surface area (Å²) < 4.78 is 35.9. The van der Waals surface area contributed by atoms with Crippen LogP contribution >= 0.6 is 0 Å². The number of carbonyl (C=O) groups is 1. The topological polar surface area (TPSA) is 35.5 Å². The fourth-order valence-electron chi connectivity index (χ4n) is 1.42. The van der Waals surface area contributed by atoms with E-state index in [-0.39, 0.29) is 17.7 Å². The molecule has 0 N–H and O–H groups in total. The first-order chi connectivity index (χ1) is 8.58. The minimum absolute atomic E-state index is 0.0368. The Kier molecular flexibility index (Phi) is 5.30. The molecule has 0 amide bonds. The molecule has 3 nitrogen and oxygen atoms in total. The fourth-order valence-corrected chi connectivity index (χ4v) is 1.42. The molecule has 0 bridgehead atoms. The number of esters is 1. The van der Waals surface area contributed by atoms with Crippen LogP contribution in [0.2, 0.25) is 0 Å². The average molecular weight is 256 g/mol. The zero-order valence-electron chi connectivity index (χ0n) is 10.2. The molecule has 0 atom stereocenters. The maximum Gasteiger partial charge on any atom is 0.309 e. The van der Waals surface area contributed by atoms with Crippen LogP contribution in [0.25, 0.3) is 6.08 Å². The lowest BCUT2D eigenvalue weighted by atomic mass is 10.1. The molecule has 0 aliphatic carbocycles. The molecule has 5 heteroatoms. The molecule has 0 spiro atoms. The second kappa shape index (κ2) is 6.74. The van der Waals surface area contributed by atoms with Crippen molar-refractivity contribution in [2.45, 2.75) is 13.3 Å². The molecule has 0 saturated heterocycles. The van der Waals surface area contributed by atoms with Crippen molar-refractivity contribution in [1.29, 1.82) is 0 Å². The summed E-state index contributed by atoms with van der Waals surface area (Å²) in [6, 6.07) is 1.87. The summed E-state index contributed by atoms with van der Waals surface area (Å²) in [5.74, 6) is -1.95. The molecule has 0 aliphatic heterocycles. The highest BCUT2D eigenvalue weighted by Gasteiger charge is 2.09. The summed E-state index contributed by atoms with van der Waals surface area (Å²) in [5, 5.41) is 0. The Morgan fingerprint density at radius 2 is 2.11 bits per heavy atom. The first-order valence-electron chi connectivity index (χ1n) is 5.43. The van der Waals surface area contributed by atoms with Gasteiger partial charge in [-0.3, -0.25) is 4.79 Å². The van der Waals surface area contributed by atoms with Gasteiger partial charge in [0.05, 0.1) is 20.1 Å². The van der Waals surface area contributed by atoms with E-state index in [2.05, 4.69) is 0 Å². The van der Waals surface area contributed by atoms with Crippen LogP contribution in [0.1, 0.15) is 18.9 Å². The van der Waals surface area contributed by atoms with Crippen LogP contribution in [0.4, 0.5) is 8.78 Å². The Labute approximate surface area is 104 Å². The molecule has 0 heterocycles. The Bertz CT molecular complexity index is 456. The Balaban J connectivity index is 2.83. The number of hydrogen-bond donors (Lipinski definition) is 0. The van der Waals surface area contributed by atoms with Gasteiger partial charge in [-0.2, -0.15) is 0 Å². The fraction of sp³-hybridized carbons (Fsp3) is 0.308. The molecule has 0 aromatic heterocycles. The number of carbonyl (C=O) groups excluding carboxylic acids is 1. The monoisotopic (exact) mass is 256 g/mol. The van der Waals surface area contributed by atoms with Crippen LogP contribution in [0, 0.1) is 11.6 Å². The van der Waals surface area contributed by atoms with Gasteiger partial charge in [0.1, 0.15) is 5.82 Å². The Morgan fingerprint density at radius 1 is 1.39 bits per heavy atom. The highest BCUT2D eigenvalue weighted by molar-refractivity contribution is 5.73. The molecule has 0 saturated carbocycles. The van der Waals surface area contributed by atoms with Gasteiger partial charge in [-0.25, -0.2) is 8.78 Å². The van der Waals surface area contributed by atoms with Crippen LogP contribution in [-0.2, 0) is 9.53 Å². The lowest BCUT2D eigenvalue weighted by Gasteiger charge is -2.06. The number of ether oxygens (including phenoxy) is 2. The second-order valence-corrected chi connectivity index (χ2v) is 3.42. The Hall–Kier alpha value is -1.91. The average Bonchev–Trinajstić information content (AvgIpc) is 2.28. The minimum Gasteiger partial charge on any atom is -0.493 e. The van der Waals surface area contributed by atoms with Crippen LogP contribution in [0.5, 0.6) is 5.75 Å². The van der Waals surface area contributed by atoms with Gasteiger partial charge >= 0.3 is 5.97 Å². The van der Waals surface area contributed by atoms with Gasteiger partial charge < -0.3 is 9.47 Å². The number of halogens is 2. The third-order valence-corrected chi connectivity index (χ3v) is 2.13. The Morgan fingerprint density at radius 3 is 2.72 bits per heavy atom. The summed E-state index contributed by atoms with van der Waals surface area (Å²) in [5.41, 5.74) is 0.235. The number of methoxy groups -OCH3 is 1. The zero-order chi connectivity index (χ0) is 13.5. The molecule has 1 aromatic rings. The molecule has 0 fully saturated rings. The van der Waals surface area contributed by atoms with E-state index < -0.39 is 17.6 Å². The highest BCUT2D eigenvalue weighted by Crippen LogP contribution is 2.25. The molecule has 18 heavy (non-hydrogen) atoms. The summed E-state index contributed by atoms with van der Waals surface area (Å²) in [6.45, 7) is 2.00. The van der Waals surface area contributed by atoms with Crippen molar-refractivity contribution < 1.29 is 23.0 Å². The maximum atomic E-state index is 13.3.